The van der Waals surface area contributed by atoms with Crippen molar-refractivity contribution in [1.82, 2.24) is 10.2 Å². The lowest BCUT2D eigenvalue weighted by atomic mass is 10.2. The van der Waals surface area contributed by atoms with Gasteiger partial charge in [-0.25, -0.2) is 8.42 Å². The van der Waals surface area contributed by atoms with Crippen LogP contribution in [-0.2, 0) is 19.4 Å². The summed E-state index contributed by atoms with van der Waals surface area (Å²) in [5, 5.41) is 11.4. The summed E-state index contributed by atoms with van der Waals surface area (Å²) in [6.07, 6.45) is 0.425. The largest absolute Gasteiger partial charge is 0.480 e. The van der Waals surface area contributed by atoms with Crippen molar-refractivity contribution in [2.24, 2.45) is 0 Å². The van der Waals surface area contributed by atoms with Crippen LogP contribution in [0.5, 0.6) is 0 Å². The molecule has 1 aliphatic rings. The van der Waals surface area contributed by atoms with Crippen molar-refractivity contribution in [3.05, 3.63) is 0 Å². The maximum atomic E-state index is 11.8. The molecular formula is C11H20N2O5S. The topological polar surface area (TPSA) is 104 Å². The Labute approximate surface area is 112 Å². The normalized spacial score (nSPS) is 21.8. The van der Waals surface area contributed by atoms with Gasteiger partial charge in [0.25, 0.3) is 0 Å². The molecule has 1 unspecified atom stereocenters. The summed E-state index contributed by atoms with van der Waals surface area (Å²) in [7, 11) is -3.03. The van der Waals surface area contributed by atoms with Crippen molar-refractivity contribution in [3.8, 4) is 0 Å². The molecular weight excluding hydrogens is 272 g/mol. The lowest BCUT2D eigenvalue weighted by Gasteiger charge is -2.24. The average molecular weight is 292 g/mol. The van der Waals surface area contributed by atoms with Gasteiger partial charge in [0, 0.05) is 12.1 Å². The number of amides is 1. The van der Waals surface area contributed by atoms with Crippen LogP contribution in [0.1, 0.15) is 20.3 Å². The predicted octanol–water partition coefficient (Wildman–Crippen LogP) is -0.915. The smallest absolute Gasteiger partial charge is 0.317 e. The number of carboxylic acid groups (broad SMARTS) is 1. The standard InChI is InChI=1S/C11H20N2O5S/c1-8(2)13(6-11(15)16)5-10(14)12-9-3-4-19(17,18)7-9/h8-9H,3-7H2,1-2H3,(H,12,14)(H,15,16). The van der Waals surface area contributed by atoms with Crippen LogP contribution < -0.4 is 5.32 Å². The van der Waals surface area contributed by atoms with Gasteiger partial charge in [0.15, 0.2) is 9.84 Å². The minimum atomic E-state index is -3.03. The summed E-state index contributed by atoms with van der Waals surface area (Å²) in [4.78, 5) is 24.0. The first-order valence-corrected chi connectivity index (χ1v) is 7.97. The molecule has 1 amide bonds. The minimum absolute atomic E-state index is 0.0284. The molecule has 0 aromatic rings. The maximum Gasteiger partial charge on any atom is 0.317 e. The number of aliphatic carboxylic acids is 1. The highest BCUT2D eigenvalue weighted by molar-refractivity contribution is 7.91. The zero-order chi connectivity index (χ0) is 14.6. The second-order valence-electron chi connectivity index (χ2n) is 5.06. The van der Waals surface area contributed by atoms with Crippen LogP contribution in [0.4, 0.5) is 0 Å². The molecule has 1 aliphatic heterocycles. The fourth-order valence-corrected chi connectivity index (χ4v) is 3.63. The second-order valence-corrected chi connectivity index (χ2v) is 7.29. The molecule has 0 aliphatic carbocycles. The Hall–Kier alpha value is -1.15. The van der Waals surface area contributed by atoms with Crippen molar-refractivity contribution in [2.75, 3.05) is 24.6 Å². The van der Waals surface area contributed by atoms with E-state index in [-0.39, 0.29) is 42.6 Å². The van der Waals surface area contributed by atoms with E-state index in [1.807, 2.05) is 0 Å². The van der Waals surface area contributed by atoms with E-state index in [9.17, 15) is 18.0 Å². The molecule has 1 saturated heterocycles. The third-order valence-corrected chi connectivity index (χ3v) is 4.78. The molecule has 110 valence electrons. The summed E-state index contributed by atoms with van der Waals surface area (Å²) in [6, 6.07) is -0.425. The van der Waals surface area contributed by atoms with Crippen molar-refractivity contribution >= 4 is 21.7 Å². The van der Waals surface area contributed by atoms with E-state index in [4.69, 9.17) is 5.11 Å². The first-order valence-electron chi connectivity index (χ1n) is 6.15. The molecule has 1 fully saturated rings. The molecule has 0 spiro atoms. The first kappa shape index (κ1) is 15.9. The molecule has 1 rings (SSSR count). The minimum Gasteiger partial charge on any atom is -0.480 e. The third kappa shape index (κ3) is 5.56. The summed E-state index contributed by atoms with van der Waals surface area (Å²) >= 11 is 0. The molecule has 2 N–H and O–H groups in total. The molecule has 0 radical (unpaired) electrons. The number of nitrogens with one attached hydrogen (secondary N) is 1. The number of carbonyl (C=O) groups is 2. The molecule has 19 heavy (non-hydrogen) atoms. The van der Waals surface area contributed by atoms with Crippen molar-refractivity contribution in [2.45, 2.75) is 32.4 Å². The Morgan fingerprint density at radius 3 is 2.42 bits per heavy atom. The number of carbonyl (C=O) groups excluding carboxylic acids is 1. The molecule has 0 aromatic carbocycles. The monoisotopic (exact) mass is 292 g/mol. The van der Waals surface area contributed by atoms with E-state index in [0.717, 1.165) is 0 Å². The molecule has 0 aromatic heterocycles. The summed E-state index contributed by atoms with van der Waals surface area (Å²) < 4.78 is 22.5. The molecule has 0 saturated carbocycles. The van der Waals surface area contributed by atoms with Crippen molar-refractivity contribution in [1.29, 1.82) is 0 Å². The van der Waals surface area contributed by atoms with E-state index in [1.165, 1.54) is 4.90 Å². The Morgan fingerprint density at radius 1 is 1.37 bits per heavy atom. The number of carboxylic acids is 1. The van der Waals surface area contributed by atoms with Crippen LogP contribution in [0.15, 0.2) is 0 Å². The molecule has 0 bridgehead atoms. The highest BCUT2D eigenvalue weighted by Gasteiger charge is 2.29. The van der Waals surface area contributed by atoms with Gasteiger partial charge in [0.1, 0.15) is 0 Å². The highest BCUT2D eigenvalue weighted by Crippen LogP contribution is 2.11. The van der Waals surface area contributed by atoms with E-state index < -0.39 is 15.8 Å². The van der Waals surface area contributed by atoms with Gasteiger partial charge in [-0.3, -0.25) is 14.5 Å². The van der Waals surface area contributed by atoms with E-state index in [2.05, 4.69) is 5.32 Å². The van der Waals surface area contributed by atoms with E-state index in [0.29, 0.717) is 6.42 Å². The number of rotatable bonds is 6. The predicted molar refractivity (Wildman–Crippen MR) is 69.5 cm³/mol. The van der Waals surface area contributed by atoms with Gasteiger partial charge in [-0.2, -0.15) is 0 Å². The first-order chi connectivity index (χ1) is 8.69. The van der Waals surface area contributed by atoms with Crippen LogP contribution in [0.2, 0.25) is 0 Å². The average Bonchev–Trinajstić information content (AvgIpc) is 2.56. The zero-order valence-electron chi connectivity index (χ0n) is 11.1. The number of sulfone groups is 1. The second kappa shape index (κ2) is 6.33. The SMILES string of the molecule is CC(C)N(CC(=O)O)CC(=O)NC1CCS(=O)(=O)C1. The van der Waals surface area contributed by atoms with Gasteiger partial charge in [0.05, 0.1) is 24.6 Å². The third-order valence-electron chi connectivity index (χ3n) is 3.01. The fraction of sp³-hybridized carbons (Fsp3) is 0.818. The Kier molecular flexibility index (Phi) is 5.30. The zero-order valence-corrected chi connectivity index (χ0v) is 11.9. The fourth-order valence-electron chi connectivity index (χ4n) is 1.96. The molecule has 1 heterocycles. The Balaban J connectivity index is 2.47. The Bertz CT molecular complexity index is 446. The van der Waals surface area contributed by atoms with Crippen LogP contribution in [0, 0.1) is 0 Å². The molecule has 7 nitrogen and oxygen atoms in total. The van der Waals surface area contributed by atoms with E-state index >= 15 is 0 Å². The van der Waals surface area contributed by atoms with Crippen LogP contribution >= 0.6 is 0 Å². The summed E-state index contributed by atoms with van der Waals surface area (Å²) in [5.41, 5.74) is 0. The van der Waals surface area contributed by atoms with Gasteiger partial charge in [0.2, 0.25) is 5.91 Å². The maximum absolute atomic E-state index is 11.8. The Morgan fingerprint density at radius 2 is 2.00 bits per heavy atom. The number of nitrogens with zero attached hydrogens (tertiary/aromatic N) is 1. The van der Waals surface area contributed by atoms with E-state index in [1.54, 1.807) is 13.8 Å². The van der Waals surface area contributed by atoms with Crippen LogP contribution in [-0.4, -0.2) is 67.0 Å². The summed E-state index contributed by atoms with van der Waals surface area (Å²) in [5.74, 6) is -1.26. The summed E-state index contributed by atoms with van der Waals surface area (Å²) in [6.45, 7) is 3.35. The lowest BCUT2D eigenvalue weighted by Crippen LogP contribution is -2.46. The van der Waals surface area contributed by atoms with Gasteiger partial charge in [-0.15, -0.1) is 0 Å². The number of hydrogen-bond donors (Lipinski definition) is 2. The molecule has 8 heteroatoms. The van der Waals surface area contributed by atoms with Gasteiger partial charge >= 0.3 is 5.97 Å². The van der Waals surface area contributed by atoms with Crippen molar-refractivity contribution in [3.63, 3.8) is 0 Å². The lowest BCUT2D eigenvalue weighted by molar-refractivity contribution is -0.139. The van der Waals surface area contributed by atoms with Gasteiger partial charge in [-0.05, 0) is 20.3 Å². The molecule has 1 atom stereocenters. The van der Waals surface area contributed by atoms with Gasteiger partial charge < -0.3 is 10.4 Å². The van der Waals surface area contributed by atoms with Gasteiger partial charge in [-0.1, -0.05) is 0 Å². The highest BCUT2D eigenvalue weighted by atomic mass is 32.2. The number of hydrogen-bond acceptors (Lipinski definition) is 5. The van der Waals surface area contributed by atoms with Crippen LogP contribution in [0.3, 0.4) is 0 Å². The van der Waals surface area contributed by atoms with Crippen molar-refractivity contribution < 1.29 is 23.1 Å². The quantitative estimate of drug-likeness (QED) is 0.656. The van der Waals surface area contributed by atoms with Crippen LogP contribution in [0.25, 0.3) is 0 Å².